The van der Waals surface area contributed by atoms with Gasteiger partial charge in [0.1, 0.15) is 5.01 Å². The third-order valence-corrected chi connectivity index (χ3v) is 5.17. The fourth-order valence-electron chi connectivity index (χ4n) is 2.73. The molecule has 0 radical (unpaired) electrons. The molecule has 0 saturated carbocycles. The lowest BCUT2D eigenvalue weighted by Gasteiger charge is -2.20. The van der Waals surface area contributed by atoms with Gasteiger partial charge in [-0.3, -0.25) is 0 Å². The molecular formula is C18H26N2S. The van der Waals surface area contributed by atoms with Crippen molar-refractivity contribution in [1.82, 2.24) is 10.3 Å². The van der Waals surface area contributed by atoms with Gasteiger partial charge in [0.2, 0.25) is 0 Å². The van der Waals surface area contributed by atoms with Crippen molar-refractivity contribution in [3.8, 4) is 0 Å². The Morgan fingerprint density at radius 2 is 1.71 bits per heavy atom. The minimum absolute atomic E-state index is 0.207. The van der Waals surface area contributed by atoms with E-state index in [1.807, 2.05) is 11.3 Å². The minimum atomic E-state index is 0.207. The average molecular weight is 302 g/mol. The van der Waals surface area contributed by atoms with E-state index in [-0.39, 0.29) is 6.04 Å². The predicted octanol–water partition coefficient (Wildman–Crippen LogP) is 4.64. The highest BCUT2D eigenvalue weighted by atomic mass is 32.1. The zero-order chi connectivity index (χ0) is 15.6. The number of thiazole rings is 1. The first-order valence-electron chi connectivity index (χ1n) is 7.75. The molecule has 21 heavy (non-hydrogen) atoms. The fourth-order valence-corrected chi connectivity index (χ4v) is 3.84. The number of aromatic nitrogens is 1. The Labute approximate surface area is 132 Å². The highest BCUT2D eigenvalue weighted by Gasteiger charge is 2.20. The average Bonchev–Trinajstić information content (AvgIpc) is 2.81. The van der Waals surface area contributed by atoms with Crippen LogP contribution >= 0.6 is 11.3 Å². The second-order valence-corrected chi connectivity index (χ2v) is 6.93. The van der Waals surface area contributed by atoms with E-state index < -0.39 is 0 Å². The topological polar surface area (TPSA) is 24.9 Å². The van der Waals surface area contributed by atoms with Crippen LogP contribution in [0.15, 0.2) is 12.1 Å². The summed E-state index contributed by atoms with van der Waals surface area (Å²) in [6.45, 7) is 14.0. The first-order valence-corrected chi connectivity index (χ1v) is 8.56. The number of hydrogen-bond acceptors (Lipinski definition) is 3. The molecule has 1 N–H and O–H groups in total. The van der Waals surface area contributed by atoms with E-state index in [1.165, 1.54) is 37.8 Å². The molecule has 3 heteroatoms. The molecule has 0 spiro atoms. The van der Waals surface area contributed by atoms with Gasteiger partial charge < -0.3 is 5.32 Å². The quantitative estimate of drug-likeness (QED) is 0.870. The summed E-state index contributed by atoms with van der Waals surface area (Å²) in [5.74, 6) is 0. The van der Waals surface area contributed by atoms with Crippen molar-refractivity contribution < 1.29 is 0 Å². The van der Waals surface area contributed by atoms with Crippen LogP contribution in [0.4, 0.5) is 0 Å². The van der Waals surface area contributed by atoms with Gasteiger partial charge in [0.15, 0.2) is 0 Å². The molecule has 1 aromatic carbocycles. The molecule has 0 aliphatic heterocycles. The molecule has 1 atom stereocenters. The lowest BCUT2D eigenvalue weighted by Crippen LogP contribution is -2.23. The van der Waals surface area contributed by atoms with Gasteiger partial charge in [-0.15, -0.1) is 11.3 Å². The van der Waals surface area contributed by atoms with Crippen molar-refractivity contribution in [2.45, 2.75) is 54.0 Å². The van der Waals surface area contributed by atoms with Gasteiger partial charge in [0.05, 0.1) is 11.7 Å². The molecule has 2 aromatic rings. The van der Waals surface area contributed by atoms with Gasteiger partial charge in [-0.1, -0.05) is 26.0 Å². The Morgan fingerprint density at radius 1 is 1.05 bits per heavy atom. The van der Waals surface area contributed by atoms with Gasteiger partial charge in [-0.05, 0) is 62.9 Å². The van der Waals surface area contributed by atoms with Crippen molar-refractivity contribution in [2.75, 3.05) is 6.54 Å². The van der Waals surface area contributed by atoms with Gasteiger partial charge in [-0.25, -0.2) is 4.98 Å². The maximum Gasteiger partial charge on any atom is 0.115 e. The minimum Gasteiger partial charge on any atom is -0.305 e. The molecule has 0 amide bonds. The van der Waals surface area contributed by atoms with Crippen LogP contribution in [0.25, 0.3) is 0 Å². The Hall–Kier alpha value is -1.19. The summed E-state index contributed by atoms with van der Waals surface area (Å²) in [7, 11) is 0. The van der Waals surface area contributed by atoms with Crippen LogP contribution in [0.2, 0.25) is 0 Å². The van der Waals surface area contributed by atoms with Crippen molar-refractivity contribution in [3.05, 3.63) is 50.0 Å². The van der Waals surface area contributed by atoms with Crippen LogP contribution in [0.1, 0.15) is 57.7 Å². The third-order valence-electron chi connectivity index (χ3n) is 4.09. The smallest absolute Gasteiger partial charge is 0.115 e. The first-order chi connectivity index (χ1) is 9.97. The monoisotopic (exact) mass is 302 g/mol. The van der Waals surface area contributed by atoms with E-state index in [4.69, 9.17) is 4.98 Å². The van der Waals surface area contributed by atoms with Crippen LogP contribution in [-0.4, -0.2) is 11.5 Å². The van der Waals surface area contributed by atoms with Crippen molar-refractivity contribution in [3.63, 3.8) is 0 Å². The number of nitrogens with one attached hydrogen (secondary N) is 1. The van der Waals surface area contributed by atoms with E-state index in [1.54, 1.807) is 0 Å². The van der Waals surface area contributed by atoms with Gasteiger partial charge >= 0.3 is 0 Å². The van der Waals surface area contributed by atoms with Gasteiger partial charge in [0, 0.05) is 4.88 Å². The van der Waals surface area contributed by atoms with Gasteiger partial charge in [-0.2, -0.15) is 0 Å². The molecule has 2 rings (SSSR count). The standard InChI is InChI=1S/C18H26N2S/c1-7-16-14(6)21-18(20-16)17(19-8-2)15-10-12(4)11(3)9-13(15)5/h9-10,17,19H,7-8H2,1-6H3. The number of aryl methyl sites for hydroxylation is 5. The summed E-state index contributed by atoms with van der Waals surface area (Å²) in [4.78, 5) is 6.22. The maximum atomic E-state index is 4.87. The molecule has 0 saturated heterocycles. The Balaban J connectivity index is 2.50. The summed E-state index contributed by atoms with van der Waals surface area (Å²) in [6, 6.07) is 4.81. The summed E-state index contributed by atoms with van der Waals surface area (Å²) in [5.41, 5.74) is 6.64. The molecule has 1 unspecified atom stereocenters. The second kappa shape index (κ2) is 6.71. The number of rotatable bonds is 5. The SMILES string of the molecule is CCNC(c1nc(CC)c(C)s1)c1cc(C)c(C)cc1C. The van der Waals surface area contributed by atoms with E-state index in [2.05, 4.69) is 59.0 Å². The van der Waals surface area contributed by atoms with Crippen LogP contribution in [-0.2, 0) is 6.42 Å². The Bertz CT molecular complexity index is 628. The van der Waals surface area contributed by atoms with Crippen molar-refractivity contribution in [2.24, 2.45) is 0 Å². The second-order valence-electron chi connectivity index (χ2n) is 5.69. The summed E-state index contributed by atoms with van der Waals surface area (Å²) in [6.07, 6.45) is 1.01. The fraction of sp³-hybridized carbons (Fsp3) is 0.500. The summed E-state index contributed by atoms with van der Waals surface area (Å²) >= 11 is 1.83. The largest absolute Gasteiger partial charge is 0.305 e. The number of benzene rings is 1. The van der Waals surface area contributed by atoms with E-state index in [0.29, 0.717) is 0 Å². The lowest BCUT2D eigenvalue weighted by atomic mass is 9.96. The molecular weight excluding hydrogens is 276 g/mol. The molecule has 0 fully saturated rings. The zero-order valence-corrected chi connectivity index (χ0v) is 14.8. The van der Waals surface area contributed by atoms with Crippen molar-refractivity contribution in [1.29, 1.82) is 0 Å². The molecule has 1 heterocycles. The van der Waals surface area contributed by atoms with E-state index in [0.717, 1.165) is 13.0 Å². The van der Waals surface area contributed by atoms with E-state index in [9.17, 15) is 0 Å². The highest BCUT2D eigenvalue weighted by Crippen LogP contribution is 2.31. The third kappa shape index (κ3) is 3.35. The predicted molar refractivity (Wildman–Crippen MR) is 92.4 cm³/mol. The van der Waals surface area contributed by atoms with Crippen molar-refractivity contribution >= 4 is 11.3 Å². The molecule has 0 aliphatic carbocycles. The van der Waals surface area contributed by atoms with Gasteiger partial charge in [0.25, 0.3) is 0 Å². The molecule has 114 valence electrons. The number of nitrogens with zero attached hydrogens (tertiary/aromatic N) is 1. The molecule has 0 bridgehead atoms. The molecule has 2 nitrogen and oxygen atoms in total. The normalized spacial score (nSPS) is 12.7. The molecule has 1 aromatic heterocycles. The zero-order valence-electron chi connectivity index (χ0n) is 14.0. The summed E-state index contributed by atoms with van der Waals surface area (Å²) < 4.78 is 0. The summed E-state index contributed by atoms with van der Waals surface area (Å²) in [5, 5.41) is 4.81. The Morgan fingerprint density at radius 3 is 2.29 bits per heavy atom. The van der Waals surface area contributed by atoms with Crippen LogP contribution < -0.4 is 5.32 Å². The van der Waals surface area contributed by atoms with Crippen LogP contribution in [0.5, 0.6) is 0 Å². The van der Waals surface area contributed by atoms with E-state index >= 15 is 0 Å². The molecule has 0 aliphatic rings. The Kier molecular flexibility index (Phi) is 5.17. The van der Waals surface area contributed by atoms with Crippen LogP contribution in [0, 0.1) is 27.7 Å². The first kappa shape index (κ1) is 16.2. The highest BCUT2D eigenvalue weighted by molar-refractivity contribution is 7.11. The maximum absolute atomic E-state index is 4.87. The lowest BCUT2D eigenvalue weighted by molar-refractivity contribution is 0.622. The number of hydrogen-bond donors (Lipinski definition) is 1. The van der Waals surface area contributed by atoms with Crippen LogP contribution in [0.3, 0.4) is 0 Å².